The molecule has 6 nitrogen and oxygen atoms in total. The number of hydrogen-bond acceptors (Lipinski definition) is 2. The van der Waals surface area contributed by atoms with Crippen LogP contribution in [0, 0.1) is 17.9 Å². The van der Waals surface area contributed by atoms with Crippen LogP contribution in [0.1, 0.15) is 5.56 Å². The maximum atomic E-state index is 12.7. The first-order chi connectivity index (χ1) is 41.2. The molecule has 5 aromatic heterocycles. The molecule has 5 heterocycles. The highest BCUT2D eigenvalue weighted by Crippen LogP contribution is 2.53. The SMILES string of the molecule is [C-]#[N+]c1c(-n2c3ccccc3c3ccccc32)c(C#N)c(-n2c3ccccc3c3ccccc32)c(-n2c3ccc(-c4cc5ccccc5c5ccccc45)cc3c3ccc4c5ccccc5sc4c32)c1-n1c2ccccc2c2ccccc21. The lowest BCUT2D eigenvalue weighted by atomic mass is 9.92. The van der Waals surface area contributed by atoms with Crippen LogP contribution in [-0.2, 0) is 0 Å². The normalized spacial score (nSPS) is 12.1. The quantitative estimate of drug-likeness (QED) is 0.125. The second-order valence-electron chi connectivity index (χ2n) is 21.6. The third-order valence-electron chi connectivity index (χ3n) is 17.6. The lowest BCUT2D eigenvalue weighted by Crippen LogP contribution is -2.14. The standard InChI is InChI=1S/C76H42N6S/c1-78-70-71(79-62-31-13-6-24-50(62)51-25-7-14-32-63(51)79)61(44-77)72(80-64-33-15-8-26-52(64)53-27-9-16-34-65(53)80)75(74(70)81-66-35-17-10-28-54(66)55-29-11-18-36-67(55)81)82-68-41-38-46(59-42-45-20-2-3-21-47(45)48-22-4-5-23-49(48)59)43-60(68)57-39-40-58-56-30-12-19-37-69(56)83-76(58)73(57)82/h2-43H. The molecule has 0 saturated carbocycles. The van der Waals surface area contributed by atoms with E-state index in [0.717, 1.165) is 114 Å². The van der Waals surface area contributed by atoms with Gasteiger partial charge in [-0.25, -0.2) is 4.85 Å². The Morgan fingerprint density at radius 3 is 1.31 bits per heavy atom. The molecular formula is C76H42N6S. The summed E-state index contributed by atoms with van der Waals surface area (Å²) in [5, 5.41) is 28.3. The van der Waals surface area contributed by atoms with Crippen molar-refractivity contribution in [2.45, 2.75) is 0 Å². The van der Waals surface area contributed by atoms with Gasteiger partial charge in [0.25, 0.3) is 0 Å². The molecule has 0 spiro atoms. The largest absolute Gasteiger partial charge is 0.318 e. The molecule has 0 bridgehead atoms. The highest BCUT2D eigenvalue weighted by Gasteiger charge is 2.35. The number of nitrogens with zero attached hydrogens (tertiary/aromatic N) is 6. The molecule has 0 N–H and O–H groups in total. The first kappa shape index (κ1) is 45.6. The fourth-order valence-corrected chi connectivity index (χ4v) is 15.5. The second kappa shape index (κ2) is 17.1. The van der Waals surface area contributed by atoms with Crippen molar-refractivity contribution in [3.05, 3.63) is 272 Å². The van der Waals surface area contributed by atoms with Gasteiger partial charge in [0.1, 0.15) is 6.07 Å². The third kappa shape index (κ3) is 6.13. The maximum Gasteiger partial charge on any atom is 0.237 e. The van der Waals surface area contributed by atoms with Crippen LogP contribution in [0.15, 0.2) is 255 Å². The fourth-order valence-electron chi connectivity index (χ4n) is 14.2. The van der Waals surface area contributed by atoms with E-state index in [-0.39, 0.29) is 0 Å². The Balaban J connectivity index is 1.13. The summed E-state index contributed by atoms with van der Waals surface area (Å²) < 4.78 is 11.6. The maximum absolute atomic E-state index is 12.7. The number of hydrogen-bond donors (Lipinski definition) is 0. The van der Waals surface area contributed by atoms with Crippen LogP contribution < -0.4 is 0 Å². The summed E-state index contributed by atoms with van der Waals surface area (Å²) in [6, 6.07) is 94.1. The minimum Gasteiger partial charge on any atom is -0.318 e. The second-order valence-corrected chi connectivity index (χ2v) is 22.7. The van der Waals surface area contributed by atoms with Gasteiger partial charge in [-0.1, -0.05) is 194 Å². The van der Waals surface area contributed by atoms with E-state index in [2.05, 4.69) is 279 Å². The Bertz CT molecular complexity index is 5670. The minimum atomic E-state index is 0.358. The van der Waals surface area contributed by atoms with Crippen LogP contribution >= 0.6 is 11.3 Å². The molecule has 0 amide bonds. The summed E-state index contributed by atoms with van der Waals surface area (Å²) >= 11 is 1.80. The Labute approximate surface area is 478 Å². The molecule has 0 aliphatic heterocycles. The zero-order valence-corrected chi connectivity index (χ0v) is 45.2. The van der Waals surface area contributed by atoms with Gasteiger partial charge >= 0.3 is 0 Å². The lowest BCUT2D eigenvalue weighted by Gasteiger charge is -2.27. The average molecular weight is 1070 g/mol. The Morgan fingerprint density at radius 2 is 0.771 bits per heavy atom. The number of benzene rings is 13. The average Bonchev–Trinajstić information content (AvgIpc) is 2.65. The van der Waals surface area contributed by atoms with E-state index in [0.29, 0.717) is 28.3 Å². The highest BCUT2D eigenvalue weighted by atomic mass is 32.1. The molecule has 0 saturated heterocycles. The molecule has 0 aliphatic rings. The number of para-hydroxylation sites is 6. The predicted octanol–water partition coefficient (Wildman–Crippen LogP) is 20.8. The first-order valence-electron chi connectivity index (χ1n) is 27.9. The number of fused-ring (bicyclic) bond motifs is 19. The van der Waals surface area contributed by atoms with Gasteiger partial charge in [-0.05, 0) is 93.3 Å². The van der Waals surface area contributed by atoms with Crippen LogP contribution in [0.25, 0.3) is 168 Å². The van der Waals surface area contributed by atoms with Crippen LogP contribution in [0.4, 0.5) is 5.69 Å². The molecular weight excluding hydrogens is 1030 g/mol. The van der Waals surface area contributed by atoms with Crippen LogP contribution in [-0.4, -0.2) is 18.3 Å². The highest BCUT2D eigenvalue weighted by molar-refractivity contribution is 7.26. The van der Waals surface area contributed by atoms with E-state index in [1.807, 2.05) is 0 Å². The van der Waals surface area contributed by atoms with Crippen LogP contribution in [0.2, 0.25) is 0 Å². The van der Waals surface area contributed by atoms with Crippen molar-refractivity contribution >= 4 is 146 Å². The smallest absolute Gasteiger partial charge is 0.237 e. The molecule has 0 radical (unpaired) electrons. The molecule has 0 unspecified atom stereocenters. The van der Waals surface area contributed by atoms with E-state index < -0.39 is 0 Å². The summed E-state index contributed by atoms with van der Waals surface area (Å²) in [5.41, 5.74) is 13.1. The molecule has 0 atom stereocenters. The summed E-state index contributed by atoms with van der Waals surface area (Å²) in [4.78, 5) is 4.84. The zero-order chi connectivity index (χ0) is 54.6. The van der Waals surface area contributed by atoms with Gasteiger partial charge in [-0.2, -0.15) is 5.26 Å². The van der Waals surface area contributed by atoms with Crippen molar-refractivity contribution in [3.63, 3.8) is 0 Å². The van der Waals surface area contributed by atoms with Crippen molar-refractivity contribution < 1.29 is 0 Å². The van der Waals surface area contributed by atoms with Gasteiger partial charge in [0.2, 0.25) is 5.69 Å². The summed E-state index contributed by atoms with van der Waals surface area (Å²) in [6.45, 7) is 9.92. The van der Waals surface area contributed by atoms with Gasteiger partial charge in [-0.3, -0.25) is 0 Å². The van der Waals surface area contributed by atoms with Gasteiger partial charge < -0.3 is 18.3 Å². The van der Waals surface area contributed by atoms with Gasteiger partial charge in [-0.15, -0.1) is 11.3 Å². The molecule has 83 heavy (non-hydrogen) atoms. The third-order valence-corrected chi connectivity index (χ3v) is 18.8. The molecule has 382 valence electrons. The minimum absolute atomic E-state index is 0.358. The van der Waals surface area contributed by atoms with Crippen LogP contribution in [0.3, 0.4) is 0 Å². The van der Waals surface area contributed by atoms with Crippen molar-refractivity contribution in [2.24, 2.45) is 0 Å². The molecule has 13 aromatic carbocycles. The number of thiophene rings is 1. The molecule has 0 fully saturated rings. The van der Waals surface area contributed by atoms with Crippen molar-refractivity contribution in [3.8, 4) is 39.9 Å². The molecule has 7 heteroatoms. The predicted molar refractivity (Wildman–Crippen MR) is 348 cm³/mol. The van der Waals surface area contributed by atoms with Gasteiger partial charge in [0.05, 0.1) is 83.7 Å². The molecule has 0 aliphatic carbocycles. The fraction of sp³-hybridized carbons (Fsp3) is 0. The number of aromatic nitrogens is 4. The van der Waals surface area contributed by atoms with E-state index in [1.165, 1.54) is 31.6 Å². The summed E-state index contributed by atoms with van der Waals surface area (Å²) in [5.74, 6) is 0. The molecule has 18 aromatic rings. The first-order valence-corrected chi connectivity index (χ1v) is 28.8. The van der Waals surface area contributed by atoms with Crippen molar-refractivity contribution in [1.29, 1.82) is 5.26 Å². The topological polar surface area (TPSA) is 47.9 Å². The number of nitriles is 1. The van der Waals surface area contributed by atoms with E-state index >= 15 is 0 Å². The van der Waals surface area contributed by atoms with Gasteiger partial charge in [0.15, 0.2) is 0 Å². The summed E-state index contributed by atoms with van der Waals surface area (Å²) in [6.07, 6.45) is 0. The van der Waals surface area contributed by atoms with Crippen LogP contribution in [0.5, 0.6) is 0 Å². The molecule has 18 rings (SSSR count). The summed E-state index contributed by atoms with van der Waals surface area (Å²) in [7, 11) is 0. The Kier molecular flexibility index (Phi) is 9.42. The van der Waals surface area contributed by atoms with Crippen molar-refractivity contribution in [2.75, 3.05) is 0 Å². The van der Waals surface area contributed by atoms with E-state index in [9.17, 15) is 11.8 Å². The Morgan fingerprint density at radius 1 is 0.337 bits per heavy atom. The lowest BCUT2D eigenvalue weighted by molar-refractivity contribution is 1.03. The monoisotopic (exact) mass is 1070 g/mol. The van der Waals surface area contributed by atoms with Crippen molar-refractivity contribution in [1.82, 2.24) is 18.3 Å². The zero-order valence-electron chi connectivity index (χ0n) is 44.3. The van der Waals surface area contributed by atoms with Gasteiger partial charge in [0, 0.05) is 58.6 Å². The Hall–Kier alpha value is -11.2. The number of rotatable bonds is 5. The van der Waals surface area contributed by atoms with E-state index in [1.54, 1.807) is 11.3 Å². The van der Waals surface area contributed by atoms with E-state index in [4.69, 9.17) is 4.85 Å².